The second kappa shape index (κ2) is 9.24. The molecular weight excluding hydrogens is 421 g/mol. The molecule has 0 saturated heterocycles. The molecule has 2 aromatic rings. The number of hydrogen-bond acceptors (Lipinski definition) is 3. The van der Waals surface area contributed by atoms with Gasteiger partial charge in [-0.2, -0.15) is 0 Å². The van der Waals surface area contributed by atoms with Gasteiger partial charge in [-0.05, 0) is 17.5 Å². The van der Waals surface area contributed by atoms with Crippen molar-refractivity contribution >= 4 is 47.0 Å². The lowest BCUT2D eigenvalue weighted by Gasteiger charge is -2.21. The standard InChI is InChI=1S/C17H23N3OS.HI/c1-17(2,15-9-6-10-22-15)12-19-16(18)20-14-8-5-4-7-13(14)11-21-3;/h4-10H,11-12H2,1-3H3,(H3,18,19,20);1H. The van der Waals surface area contributed by atoms with Crippen molar-refractivity contribution in [1.82, 2.24) is 0 Å². The summed E-state index contributed by atoms with van der Waals surface area (Å²) >= 11 is 1.75. The number of para-hydroxylation sites is 1. The van der Waals surface area contributed by atoms with E-state index in [2.05, 4.69) is 41.7 Å². The van der Waals surface area contributed by atoms with Crippen LogP contribution in [0.4, 0.5) is 5.69 Å². The van der Waals surface area contributed by atoms with Crippen molar-refractivity contribution in [3.8, 4) is 0 Å². The van der Waals surface area contributed by atoms with Gasteiger partial charge in [0.05, 0.1) is 13.2 Å². The lowest BCUT2D eigenvalue weighted by atomic mass is 9.92. The van der Waals surface area contributed by atoms with Crippen molar-refractivity contribution in [2.75, 3.05) is 19.0 Å². The minimum absolute atomic E-state index is 0. The average molecular weight is 445 g/mol. The molecule has 0 aliphatic heterocycles. The van der Waals surface area contributed by atoms with Crippen LogP contribution in [0.25, 0.3) is 0 Å². The molecule has 1 aromatic carbocycles. The zero-order valence-corrected chi connectivity index (χ0v) is 16.9. The maximum atomic E-state index is 6.03. The average Bonchev–Trinajstić information content (AvgIpc) is 3.03. The highest BCUT2D eigenvalue weighted by molar-refractivity contribution is 14.0. The molecule has 2 rings (SSSR count). The van der Waals surface area contributed by atoms with Crippen molar-refractivity contribution in [2.45, 2.75) is 25.9 Å². The van der Waals surface area contributed by atoms with E-state index in [0.29, 0.717) is 19.1 Å². The number of thiophene rings is 1. The molecule has 1 aromatic heterocycles. The first-order valence-corrected chi connectivity index (χ1v) is 8.08. The van der Waals surface area contributed by atoms with Gasteiger partial charge in [-0.3, -0.25) is 4.99 Å². The van der Waals surface area contributed by atoms with E-state index in [1.165, 1.54) is 4.88 Å². The summed E-state index contributed by atoms with van der Waals surface area (Å²) in [5, 5.41) is 5.25. The summed E-state index contributed by atoms with van der Waals surface area (Å²) in [6, 6.07) is 12.1. The number of nitrogens with two attached hydrogens (primary N) is 1. The van der Waals surface area contributed by atoms with Gasteiger partial charge in [0, 0.05) is 28.7 Å². The van der Waals surface area contributed by atoms with Gasteiger partial charge >= 0.3 is 0 Å². The number of nitrogens with zero attached hydrogens (tertiary/aromatic N) is 1. The minimum atomic E-state index is -0.0213. The minimum Gasteiger partial charge on any atom is -0.380 e. The monoisotopic (exact) mass is 445 g/mol. The first kappa shape index (κ1) is 19.9. The molecule has 23 heavy (non-hydrogen) atoms. The van der Waals surface area contributed by atoms with E-state index >= 15 is 0 Å². The van der Waals surface area contributed by atoms with Gasteiger partial charge in [-0.25, -0.2) is 0 Å². The van der Waals surface area contributed by atoms with E-state index in [9.17, 15) is 0 Å². The molecule has 0 fully saturated rings. The van der Waals surface area contributed by atoms with Crippen LogP contribution in [0.3, 0.4) is 0 Å². The lowest BCUT2D eigenvalue weighted by Crippen LogP contribution is -2.27. The number of hydrogen-bond donors (Lipinski definition) is 2. The largest absolute Gasteiger partial charge is 0.380 e. The number of anilines is 1. The fourth-order valence-corrected chi connectivity index (χ4v) is 2.97. The van der Waals surface area contributed by atoms with Crippen LogP contribution < -0.4 is 11.1 Å². The summed E-state index contributed by atoms with van der Waals surface area (Å²) in [6.07, 6.45) is 0. The number of nitrogens with one attached hydrogen (secondary N) is 1. The number of benzene rings is 1. The molecule has 0 amide bonds. The Kier molecular flexibility index (Phi) is 8.01. The molecule has 6 heteroatoms. The third-order valence-electron chi connectivity index (χ3n) is 3.41. The van der Waals surface area contributed by atoms with Crippen molar-refractivity contribution < 1.29 is 4.74 Å². The zero-order valence-electron chi connectivity index (χ0n) is 13.7. The van der Waals surface area contributed by atoms with Gasteiger partial charge in [0.15, 0.2) is 5.96 Å². The Morgan fingerprint density at radius 3 is 2.65 bits per heavy atom. The molecule has 0 saturated carbocycles. The highest BCUT2D eigenvalue weighted by atomic mass is 127. The molecule has 0 atom stereocenters. The number of halogens is 1. The Morgan fingerprint density at radius 2 is 2.00 bits per heavy atom. The van der Waals surface area contributed by atoms with Crippen molar-refractivity contribution in [1.29, 1.82) is 0 Å². The second-order valence-corrected chi connectivity index (χ2v) is 6.73. The molecule has 0 spiro atoms. The van der Waals surface area contributed by atoms with E-state index in [1.54, 1.807) is 18.4 Å². The van der Waals surface area contributed by atoms with Crippen molar-refractivity contribution in [2.24, 2.45) is 10.7 Å². The molecule has 0 aliphatic rings. The third kappa shape index (κ3) is 5.78. The molecule has 0 bridgehead atoms. The Labute approximate surface area is 159 Å². The Balaban J connectivity index is 0.00000264. The summed E-state index contributed by atoms with van der Waals surface area (Å²) < 4.78 is 5.19. The van der Waals surface area contributed by atoms with E-state index < -0.39 is 0 Å². The number of methoxy groups -OCH3 is 1. The first-order chi connectivity index (χ1) is 10.5. The fourth-order valence-electron chi connectivity index (χ4n) is 2.13. The number of ether oxygens (including phenoxy) is 1. The molecular formula is C17H24IN3OS. The van der Waals surface area contributed by atoms with Crippen molar-refractivity contribution in [3.63, 3.8) is 0 Å². The van der Waals surface area contributed by atoms with Crippen LogP contribution in [0.15, 0.2) is 46.8 Å². The predicted molar refractivity (Wildman–Crippen MR) is 110 cm³/mol. The third-order valence-corrected chi connectivity index (χ3v) is 4.65. The van der Waals surface area contributed by atoms with Gasteiger partial charge in [0.2, 0.25) is 0 Å². The molecule has 4 nitrogen and oxygen atoms in total. The van der Waals surface area contributed by atoms with Crippen LogP contribution in [-0.2, 0) is 16.8 Å². The summed E-state index contributed by atoms with van der Waals surface area (Å²) in [7, 11) is 1.68. The van der Waals surface area contributed by atoms with Gasteiger partial charge in [-0.1, -0.05) is 38.1 Å². The summed E-state index contributed by atoms with van der Waals surface area (Å²) in [4.78, 5) is 5.81. The van der Waals surface area contributed by atoms with Gasteiger partial charge in [0.25, 0.3) is 0 Å². The first-order valence-electron chi connectivity index (χ1n) is 7.21. The van der Waals surface area contributed by atoms with Crippen LogP contribution in [0.2, 0.25) is 0 Å². The molecule has 0 unspecified atom stereocenters. The number of rotatable bonds is 6. The summed E-state index contributed by atoms with van der Waals surface area (Å²) in [5.41, 5.74) is 8.00. The molecule has 1 heterocycles. The highest BCUT2D eigenvalue weighted by Crippen LogP contribution is 2.27. The van der Waals surface area contributed by atoms with E-state index in [1.807, 2.05) is 24.3 Å². The van der Waals surface area contributed by atoms with Crippen molar-refractivity contribution in [3.05, 3.63) is 52.2 Å². The topological polar surface area (TPSA) is 59.6 Å². The van der Waals surface area contributed by atoms with Crippen LogP contribution >= 0.6 is 35.3 Å². The smallest absolute Gasteiger partial charge is 0.193 e. The molecule has 0 radical (unpaired) electrons. The zero-order chi connectivity index (χ0) is 16.0. The lowest BCUT2D eigenvalue weighted by molar-refractivity contribution is 0.185. The van der Waals surface area contributed by atoms with E-state index in [0.717, 1.165) is 11.3 Å². The fraction of sp³-hybridized carbons (Fsp3) is 0.353. The molecule has 3 N–H and O–H groups in total. The number of aliphatic imine (C=N–C) groups is 1. The Bertz CT molecular complexity index is 627. The summed E-state index contributed by atoms with van der Waals surface area (Å²) in [5.74, 6) is 0.424. The molecule has 126 valence electrons. The maximum absolute atomic E-state index is 6.03. The van der Waals surface area contributed by atoms with Gasteiger partial charge < -0.3 is 15.8 Å². The quantitative estimate of drug-likeness (QED) is 0.398. The Hall–Kier alpha value is -1.12. The second-order valence-electron chi connectivity index (χ2n) is 5.78. The highest BCUT2D eigenvalue weighted by Gasteiger charge is 2.21. The van der Waals surface area contributed by atoms with Crippen LogP contribution in [-0.4, -0.2) is 19.6 Å². The molecule has 0 aliphatic carbocycles. The predicted octanol–water partition coefficient (Wildman–Crippen LogP) is 4.22. The van der Waals surface area contributed by atoms with E-state index in [4.69, 9.17) is 10.5 Å². The normalized spacial score (nSPS) is 11.9. The van der Waals surface area contributed by atoms with Crippen LogP contribution in [0.5, 0.6) is 0 Å². The van der Waals surface area contributed by atoms with Gasteiger partial charge in [-0.15, -0.1) is 35.3 Å². The van der Waals surface area contributed by atoms with Crippen LogP contribution in [0.1, 0.15) is 24.3 Å². The Morgan fingerprint density at radius 1 is 1.26 bits per heavy atom. The summed E-state index contributed by atoms with van der Waals surface area (Å²) in [6.45, 7) is 5.53. The van der Waals surface area contributed by atoms with Crippen LogP contribution in [0, 0.1) is 0 Å². The van der Waals surface area contributed by atoms with E-state index in [-0.39, 0.29) is 29.4 Å². The van der Waals surface area contributed by atoms with Gasteiger partial charge in [0.1, 0.15) is 0 Å². The number of guanidine groups is 1. The SMILES string of the molecule is COCc1ccccc1NC(N)=NCC(C)(C)c1cccs1.I. The maximum Gasteiger partial charge on any atom is 0.193 e.